The van der Waals surface area contributed by atoms with Gasteiger partial charge in [0, 0.05) is 17.8 Å². The molecule has 0 atom stereocenters. The van der Waals surface area contributed by atoms with E-state index in [0.717, 1.165) is 34.1 Å². The van der Waals surface area contributed by atoms with Gasteiger partial charge in [-0.2, -0.15) is 14.6 Å². The van der Waals surface area contributed by atoms with Crippen LogP contribution < -0.4 is 10.1 Å². The summed E-state index contributed by atoms with van der Waals surface area (Å²) >= 11 is 0.720. The van der Waals surface area contributed by atoms with E-state index in [4.69, 9.17) is 4.74 Å². The number of ether oxygens (including phenoxy) is 1. The minimum atomic E-state index is -3.58. The van der Waals surface area contributed by atoms with Crippen molar-refractivity contribution in [3.8, 4) is 11.8 Å². The maximum absolute atomic E-state index is 12.4. The van der Waals surface area contributed by atoms with E-state index in [-0.39, 0.29) is 15.9 Å². The van der Waals surface area contributed by atoms with Gasteiger partial charge in [-0.3, -0.25) is 10.1 Å². The van der Waals surface area contributed by atoms with E-state index >= 15 is 0 Å². The van der Waals surface area contributed by atoms with Gasteiger partial charge in [-0.05, 0) is 40.1 Å². The van der Waals surface area contributed by atoms with Gasteiger partial charge in [-0.25, -0.2) is 8.42 Å². The molecule has 0 radical (unpaired) electrons. The normalized spacial score (nSPS) is 11.7. The number of fused-ring (bicyclic) bond motifs is 1. The Bertz CT molecular complexity index is 1530. The van der Waals surface area contributed by atoms with Crippen molar-refractivity contribution < 1.29 is 17.9 Å². The Morgan fingerprint density at radius 1 is 1.12 bits per heavy atom. The lowest BCUT2D eigenvalue weighted by Gasteiger charge is -2.09. The second kappa shape index (κ2) is 9.82. The van der Waals surface area contributed by atoms with Crippen molar-refractivity contribution in [1.29, 1.82) is 5.26 Å². The summed E-state index contributed by atoms with van der Waals surface area (Å²) in [6.07, 6.45) is 2.39. The van der Waals surface area contributed by atoms with Crippen molar-refractivity contribution in [3.05, 3.63) is 83.4 Å². The largest absolute Gasteiger partial charge is 0.489 e. The van der Waals surface area contributed by atoms with E-state index in [9.17, 15) is 18.5 Å². The zero-order chi connectivity index (χ0) is 24.1. The van der Waals surface area contributed by atoms with Crippen LogP contribution in [0.1, 0.15) is 11.1 Å². The minimum Gasteiger partial charge on any atom is -0.489 e. The molecular formula is C24H18N4O4S2. The molecule has 34 heavy (non-hydrogen) atoms. The number of hydrogen-bond acceptors (Lipinski definition) is 8. The monoisotopic (exact) mass is 490 g/mol. The molecule has 0 bridgehead atoms. The quantitative estimate of drug-likeness (QED) is 0.304. The first-order chi connectivity index (χ1) is 16.3. The lowest BCUT2D eigenvalue weighted by atomic mass is 10.1. The molecule has 3 aromatic carbocycles. The number of carbonyl (C=O) groups excluding carboxylic acids is 1. The molecule has 1 N–H and O–H groups in total. The molecule has 0 spiro atoms. The van der Waals surface area contributed by atoms with Crippen molar-refractivity contribution in [2.24, 2.45) is 0 Å². The van der Waals surface area contributed by atoms with Crippen LogP contribution in [-0.2, 0) is 21.2 Å². The maximum atomic E-state index is 12.4. The molecule has 0 aliphatic carbocycles. The number of aromatic nitrogens is 2. The maximum Gasteiger partial charge on any atom is 0.268 e. The second-order valence-corrected chi connectivity index (χ2v) is 9.94. The molecular weight excluding hydrogens is 472 g/mol. The molecule has 4 rings (SSSR count). The number of rotatable bonds is 7. The Kier molecular flexibility index (Phi) is 6.67. The molecule has 170 valence electrons. The van der Waals surface area contributed by atoms with Crippen LogP contribution in [0.5, 0.6) is 5.75 Å². The molecule has 1 aromatic heterocycles. The number of nitriles is 1. The summed E-state index contributed by atoms with van der Waals surface area (Å²) in [7, 11) is -3.58. The van der Waals surface area contributed by atoms with Crippen LogP contribution in [0.25, 0.3) is 16.8 Å². The molecule has 0 fully saturated rings. The van der Waals surface area contributed by atoms with E-state index in [1.165, 1.54) is 6.08 Å². The number of sulfone groups is 1. The van der Waals surface area contributed by atoms with Gasteiger partial charge in [-0.15, -0.1) is 0 Å². The van der Waals surface area contributed by atoms with Crippen molar-refractivity contribution in [3.63, 3.8) is 0 Å². The zero-order valence-corrected chi connectivity index (χ0v) is 19.6. The van der Waals surface area contributed by atoms with Crippen LogP contribution in [0.4, 0.5) is 5.13 Å². The van der Waals surface area contributed by atoms with Gasteiger partial charge in [0.15, 0.2) is 0 Å². The van der Waals surface area contributed by atoms with Crippen LogP contribution in [-0.4, -0.2) is 29.9 Å². The Balaban J connectivity index is 1.43. The van der Waals surface area contributed by atoms with Gasteiger partial charge in [0.1, 0.15) is 24.0 Å². The van der Waals surface area contributed by atoms with Crippen LogP contribution in [0.3, 0.4) is 0 Å². The number of anilines is 1. The van der Waals surface area contributed by atoms with Gasteiger partial charge >= 0.3 is 0 Å². The average Bonchev–Trinajstić information content (AvgIpc) is 3.31. The fraction of sp³-hybridized carbons (Fsp3) is 0.0833. The predicted molar refractivity (Wildman–Crippen MR) is 130 cm³/mol. The minimum absolute atomic E-state index is 0.0104. The summed E-state index contributed by atoms with van der Waals surface area (Å²) in [5.41, 5.74) is 1.53. The molecule has 1 amide bonds. The van der Waals surface area contributed by atoms with Crippen LogP contribution in [0, 0.1) is 11.3 Å². The molecule has 0 saturated heterocycles. The highest BCUT2D eigenvalue weighted by molar-refractivity contribution is 7.90. The summed E-state index contributed by atoms with van der Waals surface area (Å²) in [6, 6.07) is 23.0. The summed E-state index contributed by atoms with van der Waals surface area (Å²) < 4.78 is 32.5. The zero-order valence-electron chi connectivity index (χ0n) is 17.9. The van der Waals surface area contributed by atoms with Gasteiger partial charge in [0.25, 0.3) is 11.1 Å². The average molecular weight is 491 g/mol. The number of carbonyl (C=O) groups is 1. The molecule has 8 nitrogen and oxygen atoms in total. The van der Waals surface area contributed by atoms with Gasteiger partial charge < -0.3 is 4.74 Å². The third-order valence-electron chi connectivity index (χ3n) is 4.79. The van der Waals surface area contributed by atoms with Crippen molar-refractivity contribution >= 4 is 49.3 Å². The summed E-state index contributed by atoms with van der Waals surface area (Å²) in [4.78, 5) is 16.2. The molecule has 4 aromatic rings. The number of nitrogens with zero attached hydrogens (tertiary/aromatic N) is 3. The van der Waals surface area contributed by atoms with E-state index in [1.54, 1.807) is 24.3 Å². The molecule has 0 aliphatic heterocycles. The number of benzene rings is 3. The second-order valence-electron chi connectivity index (χ2n) is 7.27. The van der Waals surface area contributed by atoms with Gasteiger partial charge in [-0.1, -0.05) is 54.6 Å². The molecule has 1 heterocycles. The Hall–Kier alpha value is -4.07. The third kappa shape index (κ3) is 5.46. The molecule has 0 saturated carbocycles. The Morgan fingerprint density at radius 2 is 1.85 bits per heavy atom. The van der Waals surface area contributed by atoms with Crippen LogP contribution >= 0.6 is 11.5 Å². The lowest BCUT2D eigenvalue weighted by Crippen LogP contribution is -2.13. The molecule has 0 aliphatic rings. The first kappa shape index (κ1) is 23.1. The van der Waals surface area contributed by atoms with E-state index in [2.05, 4.69) is 32.9 Å². The predicted octanol–water partition coefficient (Wildman–Crippen LogP) is 4.22. The van der Waals surface area contributed by atoms with Crippen molar-refractivity contribution in [2.45, 2.75) is 11.8 Å². The fourth-order valence-electron chi connectivity index (χ4n) is 3.13. The number of amides is 1. The molecule has 0 unspecified atom stereocenters. The Morgan fingerprint density at radius 3 is 2.56 bits per heavy atom. The smallest absolute Gasteiger partial charge is 0.268 e. The highest BCUT2D eigenvalue weighted by Gasteiger charge is 2.17. The van der Waals surface area contributed by atoms with E-state index in [0.29, 0.717) is 17.9 Å². The highest BCUT2D eigenvalue weighted by Crippen LogP contribution is 2.22. The SMILES string of the molecule is CS(=O)(=O)c1nsc(NC(=O)/C(C#N)=C\c2ccc(OCc3cccc4ccccc34)cc2)n1. The van der Waals surface area contributed by atoms with Crippen LogP contribution in [0.15, 0.2) is 77.5 Å². The topological polar surface area (TPSA) is 122 Å². The van der Waals surface area contributed by atoms with Gasteiger partial charge in [0.2, 0.25) is 15.0 Å². The first-order valence-corrected chi connectivity index (χ1v) is 12.7. The van der Waals surface area contributed by atoms with Crippen molar-refractivity contribution in [2.75, 3.05) is 11.6 Å². The highest BCUT2D eigenvalue weighted by atomic mass is 32.2. The van der Waals surface area contributed by atoms with E-state index in [1.807, 2.05) is 30.3 Å². The fourth-order valence-corrected chi connectivity index (χ4v) is 4.57. The molecule has 10 heteroatoms. The van der Waals surface area contributed by atoms with Gasteiger partial charge in [0.05, 0.1) is 0 Å². The number of hydrogen-bond donors (Lipinski definition) is 1. The summed E-state index contributed by atoms with van der Waals surface area (Å²) in [6.45, 7) is 0.402. The Labute approximate surface area is 200 Å². The first-order valence-electron chi connectivity index (χ1n) is 10.00. The lowest BCUT2D eigenvalue weighted by molar-refractivity contribution is -0.112. The van der Waals surface area contributed by atoms with Crippen molar-refractivity contribution in [1.82, 2.24) is 9.36 Å². The third-order valence-corrected chi connectivity index (χ3v) is 6.38. The van der Waals surface area contributed by atoms with Crippen LogP contribution in [0.2, 0.25) is 0 Å². The summed E-state index contributed by atoms with van der Waals surface area (Å²) in [5, 5.41) is 13.7. The number of nitrogens with one attached hydrogen (secondary N) is 1. The summed E-state index contributed by atoms with van der Waals surface area (Å²) in [5.74, 6) is -0.0646. The standard InChI is InChI=1S/C24H18N4O4S2/c1-34(30,31)24-27-23(33-28-24)26-22(29)19(14-25)13-16-9-11-20(12-10-16)32-15-18-7-4-6-17-5-2-3-8-21(17)18/h2-13H,15H2,1H3,(H,26,27,28,29)/b19-13-. The van der Waals surface area contributed by atoms with E-state index < -0.39 is 15.7 Å².